The summed E-state index contributed by atoms with van der Waals surface area (Å²) in [6.07, 6.45) is 0. The molecular weight excluding hydrogens is 260 g/mol. The lowest BCUT2D eigenvalue weighted by Crippen LogP contribution is -2.37. The van der Waals surface area contributed by atoms with E-state index in [-0.39, 0.29) is 0 Å². The molecule has 0 rings (SSSR count). The van der Waals surface area contributed by atoms with Crippen LogP contribution in [0.2, 0.25) is 0 Å². The van der Waals surface area contributed by atoms with E-state index in [0.29, 0.717) is 0 Å². The van der Waals surface area contributed by atoms with Gasteiger partial charge < -0.3 is 25.5 Å². The summed E-state index contributed by atoms with van der Waals surface area (Å²) in [5.41, 5.74) is -1.11. The first kappa shape index (κ1) is 20.0. The van der Waals surface area contributed by atoms with Crippen LogP contribution in [0.1, 0.15) is 13.8 Å². The Morgan fingerprint density at radius 1 is 0.842 bits per heavy atom. The molecule has 0 aliphatic rings. The number of carboxylic acids is 1. The molecule has 0 spiro atoms. The Labute approximate surface area is 110 Å². The second kappa shape index (κ2) is 9.56. The Hall–Kier alpha value is -1.35. The fraction of sp³-hybridized carbons (Fsp3) is 0.727. The Morgan fingerprint density at radius 3 is 1.11 bits per heavy atom. The summed E-state index contributed by atoms with van der Waals surface area (Å²) in [4.78, 5) is 31.0. The van der Waals surface area contributed by atoms with E-state index in [1.54, 1.807) is 0 Å². The highest BCUT2D eigenvalue weighted by molar-refractivity contribution is 6.15. The summed E-state index contributed by atoms with van der Waals surface area (Å²) in [6.45, 7) is 0.542. The van der Waals surface area contributed by atoms with Crippen LogP contribution in [-0.2, 0) is 14.4 Å². The smallest absolute Gasteiger partial charge is 0.321 e. The first-order valence-electron chi connectivity index (χ1n) is 5.38. The van der Waals surface area contributed by atoms with Gasteiger partial charge in [0.1, 0.15) is 0 Å². The summed E-state index contributed by atoms with van der Waals surface area (Å²) in [7, 11) is 0. The predicted molar refractivity (Wildman–Crippen MR) is 63.3 cm³/mol. The van der Waals surface area contributed by atoms with Crippen molar-refractivity contribution in [2.75, 3.05) is 26.4 Å². The van der Waals surface area contributed by atoms with Gasteiger partial charge in [-0.05, 0) is 13.8 Å². The number of hydrogen-bond acceptors (Lipinski definition) is 7. The van der Waals surface area contributed by atoms with Gasteiger partial charge in [-0.25, -0.2) is 0 Å². The molecule has 0 fully saturated rings. The van der Waals surface area contributed by atoms with Crippen LogP contribution >= 0.6 is 0 Å². The quantitative estimate of drug-likeness (QED) is 0.330. The van der Waals surface area contributed by atoms with Gasteiger partial charge in [0.05, 0.1) is 31.8 Å². The Kier molecular flexibility index (Phi) is 10.1. The molecule has 0 aromatic rings. The number of hydrogen-bond donors (Lipinski definition) is 5. The third kappa shape index (κ3) is 6.97. The van der Waals surface area contributed by atoms with Crippen molar-refractivity contribution >= 4 is 17.5 Å². The molecule has 0 saturated heterocycles. The molecule has 112 valence electrons. The summed E-state index contributed by atoms with van der Waals surface area (Å²) < 4.78 is 0. The van der Waals surface area contributed by atoms with Gasteiger partial charge >= 0.3 is 5.97 Å². The molecule has 0 aromatic carbocycles. The fourth-order valence-corrected chi connectivity index (χ4v) is 0.934. The van der Waals surface area contributed by atoms with Gasteiger partial charge in [0, 0.05) is 0 Å². The normalized spacial score (nSPS) is 10.7. The number of aliphatic hydroxyl groups excluding tert-OH is 4. The molecule has 0 bridgehead atoms. The summed E-state index contributed by atoms with van der Waals surface area (Å²) >= 11 is 0. The lowest BCUT2D eigenvalue weighted by atomic mass is 9.93. The van der Waals surface area contributed by atoms with Crippen molar-refractivity contribution < 1.29 is 39.9 Å². The van der Waals surface area contributed by atoms with Gasteiger partial charge in [-0.2, -0.15) is 0 Å². The molecule has 0 atom stereocenters. The molecule has 5 N–H and O–H groups in total. The van der Waals surface area contributed by atoms with Gasteiger partial charge in [0.15, 0.2) is 17.5 Å². The molecule has 0 saturated carbocycles. The second-order valence-electron chi connectivity index (χ2n) is 4.13. The van der Waals surface area contributed by atoms with E-state index in [9.17, 15) is 14.4 Å². The standard InChI is InChI=1S/C6H8O4.C5H12O4/c1-3(7)5(4(2)8)6(9)10;6-1-5(2-7,3-8)4-9/h5H,1-2H3,(H,9,10);6-9H,1-4H2. The van der Waals surface area contributed by atoms with Crippen molar-refractivity contribution in [1.29, 1.82) is 0 Å². The maximum atomic E-state index is 10.4. The lowest BCUT2D eigenvalue weighted by Gasteiger charge is -2.23. The zero-order valence-electron chi connectivity index (χ0n) is 10.9. The minimum absolute atomic E-state index is 0.406. The van der Waals surface area contributed by atoms with E-state index in [4.69, 9.17) is 25.5 Å². The molecule has 0 aliphatic heterocycles. The van der Waals surface area contributed by atoms with Gasteiger partial charge in [-0.1, -0.05) is 0 Å². The summed E-state index contributed by atoms with van der Waals surface area (Å²) in [5.74, 6) is -4.10. The molecule has 0 aliphatic carbocycles. The maximum absolute atomic E-state index is 10.4. The Bertz CT molecular complexity index is 257. The van der Waals surface area contributed by atoms with Crippen LogP contribution in [-0.4, -0.2) is 69.5 Å². The van der Waals surface area contributed by atoms with Crippen molar-refractivity contribution in [2.45, 2.75) is 13.8 Å². The molecule has 19 heavy (non-hydrogen) atoms. The van der Waals surface area contributed by atoms with Gasteiger partial charge in [0.2, 0.25) is 0 Å². The van der Waals surface area contributed by atoms with Crippen LogP contribution in [0.4, 0.5) is 0 Å². The average molecular weight is 280 g/mol. The summed E-state index contributed by atoms with van der Waals surface area (Å²) in [5, 5.41) is 42.3. The SMILES string of the molecule is CC(=O)C(C(C)=O)C(=O)O.OCC(CO)(CO)CO. The second-order valence-corrected chi connectivity index (χ2v) is 4.13. The molecule has 8 heteroatoms. The highest BCUT2D eigenvalue weighted by Crippen LogP contribution is 2.11. The van der Waals surface area contributed by atoms with E-state index in [2.05, 4.69) is 0 Å². The zero-order valence-corrected chi connectivity index (χ0v) is 10.9. The van der Waals surface area contributed by atoms with E-state index in [1.165, 1.54) is 0 Å². The monoisotopic (exact) mass is 280 g/mol. The topological polar surface area (TPSA) is 152 Å². The largest absolute Gasteiger partial charge is 0.480 e. The van der Waals surface area contributed by atoms with Gasteiger partial charge in [0.25, 0.3) is 0 Å². The molecule has 0 amide bonds. The Morgan fingerprint density at radius 2 is 1.11 bits per heavy atom. The number of Topliss-reactive ketones (excluding diaryl/α,β-unsaturated/α-hetero) is 2. The van der Waals surface area contributed by atoms with Gasteiger partial charge in [-0.15, -0.1) is 0 Å². The van der Waals surface area contributed by atoms with E-state index < -0.39 is 55.3 Å². The zero-order chi connectivity index (χ0) is 15.6. The van der Waals surface area contributed by atoms with Gasteiger partial charge in [-0.3, -0.25) is 14.4 Å². The van der Waals surface area contributed by atoms with Crippen LogP contribution in [0.25, 0.3) is 0 Å². The summed E-state index contributed by atoms with van der Waals surface area (Å²) in [6, 6.07) is 0. The highest BCUT2D eigenvalue weighted by atomic mass is 16.4. The predicted octanol–water partition coefficient (Wildman–Crippen LogP) is -2.19. The molecule has 0 unspecified atom stereocenters. The minimum Gasteiger partial charge on any atom is -0.480 e. The van der Waals surface area contributed by atoms with E-state index >= 15 is 0 Å². The molecular formula is C11H20O8. The molecule has 8 nitrogen and oxygen atoms in total. The van der Waals surface area contributed by atoms with Crippen LogP contribution in [0, 0.1) is 11.3 Å². The third-order valence-electron chi connectivity index (χ3n) is 2.40. The highest BCUT2D eigenvalue weighted by Gasteiger charge is 2.27. The van der Waals surface area contributed by atoms with E-state index in [0.717, 1.165) is 13.8 Å². The number of aliphatic carboxylic acids is 1. The number of carbonyl (C=O) groups is 3. The average Bonchev–Trinajstić information content (AvgIpc) is 2.32. The van der Waals surface area contributed by atoms with Crippen LogP contribution in [0.3, 0.4) is 0 Å². The number of carboxylic acid groups (broad SMARTS) is 1. The first-order chi connectivity index (χ1) is 8.71. The lowest BCUT2D eigenvalue weighted by molar-refractivity contribution is -0.149. The van der Waals surface area contributed by atoms with Crippen LogP contribution in [0.15, 0.2) is 0 Å². The minimum atomic E-state index is -1.47. The number of carbonyl (C=O) groups excluding carboxylic acids is 2. The van der Waals surface area contributed by atoms with Crippen LogP contribution in [0.5, 0.6) is 0 Å². The van der Waals surface area contributed by atoms with Crippen molar-refractivity contribution in [3.05, 3.63) is 0 Å². The maximum Gasteiger partial charge on any atom is 0.321 e. The Balaban J connectivity index is 0. The molecule has 0 radical (unpaired) electrons. The van der Waals surface area contributed by atoms with Crippen LogP contribution < -0.4 is 0 Å². The molecule has 0 aromatic heterocycles. The van der Waals surface area contributed by atoms with Crippen molar-refractivity contribution in [3.8, 4) is 0 Å². The first-order valence-corrected chi connectivity index (χ1v) is 5.38. The van der Waals surface area contributed by atoms with E-state index in [1.807, 2.05) is 0 Å². The number of ketones is 2. The fourth-order valence-electron chi connectivity index (χ4n) is 0.934. The van der Waals surface area contributed by atoms with Crippen molar-refractivity contribution in [2.24, 2.45) is 11.3 Å². The third-order valence-corrected chi connectivity index (χ3v) is 2.40. The number of rotatable bonds is 7. The molecule has 0 heterocycles. The van der Waals surface area contributed by atoms with Crippen molar-refractivity contribution in [1.82, 2.24) is 0 Å². The van der Waals surface area contributed by atoms with Crippen molar-refractivity contribution in [3.63, 3.8) is 0 Å². The number of aliphatic hydroxyl groups is 4.